The van der Waals surface area contributed by atoms with Crippen LogP contribution in [0.2, 0.25) is 0 Å². The van der Waals surface area contributed by atoms with Gasteiger partial charge in [-0.1, -0.05) is 65.2 Å². The Bertz CT molecular complexity index is 155. The number of rotatable bonds is 14. The third kappa shape index (κ3) is 14.1. The minimum absolute atomic E-state index is 0.636. The molecular weight excluding hydrogens is 240 g/mol. The van der Waals surface area contributed by atoms with Gasteiger partial charge in [-0.2, -0.15) is 0 Å². The van der Waals surface area contributed by atoms with Gasteiger partial charge in [-0.3, -0.25) is 0 Å². The maximum atomic E-state index is 9.63. The molecule has 0 aliphatic rings. The Morgan fingerprint density at radius 2 is 1.00 bits per heavy atom. The van der Waals surface area contributed by atoms with Crippen molar-refractivity contribution in [3.05, 3.63) is 0 Å². The van der Waals surface area contributed by atoms with Gasteiger partial charge in [0.25, 0.3) is 0 Å². The van der Waals surface area contributed by atoms with Gasteiger partial charge in [0.05, 0.1) is 0 Å². The molecule has 0 fully saturated rings. The lowest BCUT2D eigenvalue weighted by atomic mass is 10.1. The van der Waals surface area contributed by atoms with Crippen molar-refractivity contribution in [1.29, 1.82) is 0 Å². The monoisotopic (exact) mass is 274 g/mol. The Kier molecular flexibility index (Phi) is 14.2. The molecule has 0 aliphatic heterocycles. The molecular formula is C16H34O3. The van der Waals surface area contributed by atoms with Crippen LogP contribution in [0.1, 0.15) is 90.9 Å². The summed E-state index contributed by atoms with van der Waals surface area (Å²) in [6.07, 6.45) is 11.3. The fraction of sp³-hybridized carbons (Fsp3) is 1.00. The van der Waals surface area contributed by atoms with Crippen LogP contribution >= 0.6 is 0 Å². The second-order valence-corrected chi connectivity index (χ2v) is 5.45. The Morgan fingerprint density at radius 3 is 1.37 bits per heavy atom. The van der Waals surface area contributed by atoms with E-state index in [0.29, 0.717) is 12.8 Å². The molecule has 3 nitrogen and oxygen atoms in total. The predicted octanol–water partition coefficient (Wildman–Crippen LogP) is 4.36. The molecule has 19 heavy (non-hydrogen) atoms. The maximum Gasteiger partial charge on any atom is 0.157 e. The average molecular weight is 274 g/mol. The fourth-order valence-corrected chi connectivity index (χ4v) is 2.16. The van der Waals surface area contributed by atoms with Crippen molar-refractivity contribution in [3.63, 3.8) is 0 Å². The summed E-state index contributed by atoms with van der Waals surface area (Å²) >= 11 is 0. The van der Waals surface area contributed by atoms with E-state index in [1.54, 1.807) is 0 Å². The van der Waals surface area contributed by atoms with Crippen LogP contribution in [0, 0.1) is 0 Å². The summed E-state index contributed by atoms with van der Waals surface area (Å²) in [5.41, 5.74) is 0. The van der Waals surface area contributed by atoms with E-state index in [2.05, 4.69) is 13.8 Å². The van der Waals surface area contributed by atoms with Crippen molar-refractivity contribution in [1.82, 2.24) is 0 Å². The first-order valence-corrected chi connectivity index (χ1v) is 8.22. The summed E-state index contributed by atoms with van der Waals surface area (Å²) in [6.45, 7) is 4.38. The van der Waals surface area contributed by atoms with Crippen LogP contribution in [0.5, 0.6) is 0 Å². The Balaban J connectivity index is 3.34. The topological polar surface area (TPSA) is 49.7 Å². The zero-order chi connectivity index (χ0) is 14.3. The van der Waals surface area contributed by atoms with Crippen molar-refractivity contribution in [2.24, 2.45) is 0 Å². The van der Waals surface area contributed by atoms with E-state index in [-0.39, 0.29) is 0 Å². The number of aliphatic hydroxyl groups excluding tert-OH is 2. The molecule has 116 valence electrons. The molecule has 0 aromatic heterocycles. The van der Waals surface area contributed by atoms with Crippen LogP contribution in [0.4, 0.5) is 0 Å². The normalized spacial score (nSPS) is 14.5. The van der Waals surface area contributed by atoms with Gasteiger partial charge >= 0.3 is 0 Å². The van der Waals surface area contributed by atoms with Crippen LogP contribution in [-0.4, -0.2) is 22.8 Å². The second kappa shape index (κ2) is 14.3. The molecule has 0 rings (SSSR count). The van der Waals surface area contributed by atoms with Crippen molar-refractivity contribution in [3.8, 4) is 0 Å². The molecule has 0 heterocycles. The van der Waals surface area contributed by atoms with Gasteiger partial charge in [0, 0.05) is 0 Å². The zero-order valence-corrected chi connectivity index (χ0v) is 12.9. The van der Waals surface area contributed by atoms with Crippen LogP contribution in [0.3, 0.4) is 0 Å². The molecule has 0 saturated heterocycles. The summed E-state index contributed by atoms with van der Waals surface area (Å²) in [5.74, 6) is 0. The fourth-order valence-electron chi connectivity index (χ4n) is 2.16. The highest BCUT2D eigenvalue weighted by Gasteiger charge is 2.10. The summed E-state index contributed by atoms with van der Waals surface area (Å²) in [5, 5.41) is 19.3. The van der Waals surface area contributed by atoms with E-state index in [1.807, 2.05) is 0 Å². The van der Waals surface area contributed by atoms with E-state index in [1.165, 1.54) is 38.5 Å². The van der Waals surface area contributed by atoms with Crippen molar-refractivity contribution < 1.29 is 14.9 Å². The Morgan fingerprint density at radius 1 is 0.632 bits per heavy atom. The smallest absolute Gasteiger partial charge is 0.157 e. The molecule has 0 saturated carbocycles. The zero-order valence-electron chi connectivity index (χ0n) is 12.9. The summed E-state index contributed by atoms with van der Waals surface area (Å²) in [7, 11) is 0. The molecule has 0 aromatic carbocycles. The van der Waals surface area contributed by atoms with Gasteiger partial charge in [0.1, 0.15) is 0 Å². The van der Waals surface area contributed by atoms with E-state index < -0.39 is 12.6 Å². The average Bonchev–Trinajstić information content (AvgIpc) is 2.38. The predicted molar refractivity (Wildman–Crippen MR) is 79.9 cm³/mol. The Hall–Kier alpha value is -0.120. The molecule has 2 N–H and O–H groups in total. The van der Waals surface area contributed by atoms with E-state index in [0.717, 1.165) is 25.7 Å². The molecule has 2 atom stereocenters. The summed E-state index contributed by atoms with van der Waals surface area (Å²) in [4.78, 5) is 0. The molecule has 0 spiro atoms. The molecule has 0 bridgehead atoms. The van der Waals surface area contributed by atoms with Gasteiger partial charge in [-0.15, -0.1) is 0 Å². The lowest BCUT2D eigenvalue weighted by Gasteiger charge is -2.17. The molecule has 0 radical (unpaired) electrons. The minimum Gasteiger partial charge on any atom is -0.368 e. The molecule has 0 amide bonds. The first-order chi connectivity index (χ1) is 9.20. The lowest BCUT2D eigenvalue weighted by molar-refractivity contribution is -0.212. The number of hydrogen-bond acceptors (Lipinski definition) is 3. The van der Waals surface area contributed by atoms with Crippen molar-refractivity contribution in [2.45, 2.75) is 103 Å². The van der Waals surface area contributed by atoms with Gasteiger partial charge < -0.3 is 14.9 Å². The standard InChI is InChI=1S/C16H34O3/c1-3-5-7-9-11-13-15(17)19-16(18)14-12-10-8-6-4-2/h15-18H,3-14H2,1-2H3. The van der Waals surface area contributed by atoms with Gasteiger partial charge in [-0.05, 0) is 25.7 Å². The van der Waals surface area contributed by atoms with Crippen LogP contribution in [-0.2, 0) is 4.74 Å². The quantitative estimate of drug-likeness (QED) is 0.365. The highest BCUT2D eigenvalue weighted by Crippen LogP contribution is 2.12. The number of aliphatic hydroxyl groups is 2. The Labute approximate surface area is 119 Å². The summed E-state index contributed by atoms with van der Waals surface area (Å²) in [6, 6.07) is 0. The third-order valence-electron chi connectivity index (χ3n) is 3.42. The second-order valence-electron chi connectivity index (χ2n) is 5.45. The first kappa shape index (κ1) is 18.9. The van der Waals surface area contributed by atoms with Crippen LogP contribution in [0.15, 0.2) is 0 Å². The first-order valence-electron chi connectivity index (χ1n) is 8.22. The lowest BCUT2D eigenvalue weighted by Crippen LogP contribution is -2.21. The maximum absolute atomic E-state index is 9.63. The van der Waals surface area contributed by atoms with Crippen molar-refractivity contribution >= 4 is 0 Å². The van der Waals surface area contributed by atoms with E-state index in [9.17, 15) is 10.2 Å². The van der Waals surface area contributed by atoms with Gasteiger partial charge in [0.2, 0.25) is 0 Å². The third-order valence-corrected chi connectivity index (χ3v) is 3.42. The SMILES string of the molecule is CCCCCCCC(O)OC(O)CCCCCCC. The molecule has 0 aliphatic carbocycles. The number of ether oxygens (including phenoxy) is 1. The minimum atomic E-state index is -0.799. The molecule has 2 unspecified atom stereocenters. The number of hydrogen-bond donors (Lipinski definition) is 2. The van der Waals surface area contributed by atoms with E-state index >= 15 is 0 Å². The van der Waals surface area contributed by atoms with Gasteiger partial charge in [-0.25, -0.2) is 0 Å². The van der Waals surface area contributed by atoms with Crippen LogP contribution < -0.4 is 0 Å². The van der Waals surface area contributed by atoms with Crippen LogP contribution in [0.25, 0.3) is 0 Å². The highest BCUT2D eigenvalue weighted by atomic mass is 16.7. The highest BCUT2D eigenvalue weighted by molar-refractivity contribution is 4.50. The largest absolute Gasteiger partial charge is 0.368 e. The molecule has 0 aromatic rings. The van der Waals surface area contributed by atoms with E-state index in [4.69, 9.17) is 4.74 Å². The summed E-state index contributed by atoms with van der Waals surface area (Å²) < 4.78 is 5.17. The number of unbranched alkanes of at least 4 members (excludes halogenated alkanes) is 8. The van der Waals surface area contributed by atoms with Crippen molar-refractivity contribution in [2.75, 3.05) is 0 Å². The molecule has 3 heteroatoms. The van der Waals surface area contributed by atoms with Gasteiger partial charge in [0.15, 0.2) is 12.6 Å².